The second-order valence-electron chi connectivity index (χ2n) is 9.60. The summed E-state index contributed by atoms with van der Waals surface area (Å²) >= 11 is 0. The van der Waals surface area contributed by atoms with E-state index in [1.165, 1.54) is 154 Å². The van der Waals surface area contributed by atoms with Crippen LogP contribution in [0.15, 0.2) is 0 Å². The zero-order chi connectivity index (χ0) is 20.5. The van der Waals surface area contributed by atoms with Crippen molar-refractivity contribution in [2.75, 3.05) is 0 Å². The molecule has 0 aliphatic heterocycles. The molecule has 0 fully saturated rings. The van der Waals surface area contributed by atoms with Gasteiger partial charge in [-0.2, -0.15) is 0 Å². The molecule has 0 spiro atoms. The summed E-state index contributed by atoms with van der Waals surface area (Å²) in [4.78, 5) is 0. The van der Waals surface area contributed by atoms with Crippen molar-refractivity contribution in [3.63, 3.8) is 0 Å². The van der Waals surface area contributed by atoms with Crippen LogP contribution in [-0.4, -0.2) is 0 Å². The fourth-order valence-electron chi connectivity index (χ4n) is 4.58. The Hall–Kier alpha value is 0. The molecule has 28 heavy (non-hydrogen) atoms. The van der Waals surface area contributed by atoms with Crippen molar-refractivity contribution in [2.45, 2.75) is 175 Å². The first-order valence-corrected chi connectivity index (χ1v) is 13.8. The first-order chi connectivity index (χ1) is 13.8. The summed E-state index contributed by atoms with van der Waals surface area (Å²) in [6.07, 6.45) is 35.3. The SMILES string of the molecule is CCCCCCCCCCCCCCCCCCCC(CCCC)CCCC. The molecule has 0 aliphatic carbocycles. The van der Waals surface area contributed by atoms with Gasteiger partial charge < -0.3 is 0 Å². The third-order valence-corrected chi connectivity index (χ3v) is 6.65. The van der Waals surface area contributed by atoms with Gasteiger partial charge in [0.25, 0.3) is 0 Å². The lowest BCUT2D eigenvalue weighted by atomic mass is 9.90. The van der Waals surface area contributed by atoms with Gasteiger partial charge in [0, 0.05) is 0 Å². The molecule has 0 heteroatoms. The van der Waals surface area contributed by atoms with E-state index in [-0.39, 0.29) is 0 Å². The van der Waals surface area contributed by atoms with Crippen LogP contribution in [0.3, 0.4) is 0 Å². The predicted octanol–water partition coefficient (Wildman–Crippen LogP) is 11.0. The van der Waals surface area contributed by atoms with Crippen LogP contribution in [0.1, 0.15) is 175 Å². The maximum atomic E-state index is 2.34. The lowest BCUT2D eigenvalue weighted by molar-refractivity contribution is 0.376. The predicted molar refractivity (Wildman–Crippen MR) is 131 cm³/mol. The molecule has 0 heterocycles. The molecule has 0 aliphatic rings. The van der Waals surface area contributed by atoms with E-state index in [1.54, 1.807) is 0 Å². The maximum absolute atomic E-state index is 2.34. The molecule has 0 amide bonds. The third-order valence-electron chi connectivity index (χ3n) is 6.65. The van der Waals surface area contributed by atoms with Gasteiger partial charge in [0.05, 0.1) is 0 Å². The summed E-state index contributed by atoms with van der Waals surface area (Å²) in [5, 5.41) is 0. The molecule has 0 aromatic heterocycles. The van der Waals surface area contributed by atoms with E-state index in [2.05, 4.69) is 20.8 Å². The molecular weight excluding hydrogens is 336 g/mol. The molecule has 0 N–H and O–H groups in total. The molecule has 0 aromatic carbocycles. The van der Waals surface area contributed by atoms with Crippen LogP contribution in [0.25, 0.3) is 0 Å². The summed E-state index contributed by atoms with van der Waals surface area (Å²) < 4.78 is 0. The van der Waals surface area contributed by atoms with E-state index in [4.69, 9.17) is 0 Å². The molecule has 0 saturated heterocycles. The van der Waals surface area contributed by atoms with E-state index in [1.807, 2.05) is 0 Å². The summed E-state index contributed by atoms with van der Waals surface area (Å²) in [5.74, 6) is 1.04. The summed E-state index contributed by atoms with van der Waals surface area (Å²) in [5.41, 5.74) is 0. The number of unbranched alkanes of at least 4 members (excludes halogenated alkanes) is 18. The topological polar surface area (TPSA) is 0 Å². The second kappa shape index (κ2) is 25.0. The molecule has 0 saturated carbocycles. The molecular formula is C28H58. The van der Waals surface area contributed by atoms with Gasteiger partial charge >= 0.3 is 0 Å². The van der Waals surface area contributed by atoms with Gasteiger partial charge in [-0.1, -0.05) is 175 Å². The average molecular weight is 395 g/mol. The average Bonchev–Trinajstić information content (AvgIpc) is 2.71. The van der Waals surface area contributed by atoms with Gasteiger partial charge in [-0.3, -0.25) is 0 Å². The van der Waals surface area contributed by atoms with Crippen LogP contribution in [-0.2, 0) is 0 Å². The van der Waals surface area contributed by atoms with Gasteiger partial charge in [0.2, 0.25) is 0 Å². The minimum Gasteiger partial charge on any atom is -0.0654 e. The highest BCUT2D eigenvalue weighted by Crippen LogP contribution is 2.23. The zero-order valence-electron chi connectivity index (χ0n) is 20.5. The van der Waals surface area contributed by atoms with Crippen molar-refractivity contribution in [1.82, 2.24) is 0 Å². The van der Waals surface area contributed by atoms with Crippen LogP contribution in [0, 0.1) is 5.92 Å². The van der Waals surface area contributed by atoms with Gasteiger partial charge in [-0.25, -0.2) is 0 Å². The standard InChI is InChI=1S/C28H58/c1-4-7-10-11-12-13-14-15-16-17-18-19-20-21-22-23-24-27-28(25-8-5-2)26-9-6-3/h28H,4-27H2,1-3H3. The smallest absolute Gasteiger partial charge is 0.0414 e. The summed E-state index contributed by atoms with van der Waals surface area (Å²) in [6, 6.07) is 0. The quantitative estimate of drug-likeness (QED) is 0.143. The Labute approximate surface area is 181 Å². The first-order valence-electron chi connectivity index (χ1n) is 13.8. The van der Waals surface area contributed by atoms with E-state index in [0.717, 1.165) is 5.92 Å². The Morgan fingerprint density at radius 1 is 0.286 bits per heavy atom. The van der Waals surface area contributed by atoms with E-state index in [0.29, 0.717) is 0 Å². The highest BCUT2D eigenvalue weighted by Gasteiger charge is 2.07. The van der Waals surface area contributed by atoms with Gasteiger partial charge in [0.1, 0.15) is 0 Å². The van der Waals surface area contributed by atoms with Crippen molar-refractivity contribution >= 4 is 0 Å². The first kappa shape index (κ1) is 28.0. The lowest BCUT2D eigenvalue weighted by Crippen LogP contribution is -2.01. The van der Waals surface area contributed by atoms with Crippen molar-refractivity contribution in [3.8, 4) is 0 Å². The van der Waals surface area contributed by atoms with E-state index < -0.39 is 0 Å². The van der Waals surface area contributed by atoms with Crippen molar-refractivity contribution in [1.29, 1.82) is 0 Å². The Kier molecular flexibility index (Phi) is 25.0. The Morgan fingerprint density at radius 2 is 0.536 bits per heavy atom. The number of hydrogen-bond donors (Lipinski definition) is 0. The molecule has 0 atom stereocenters. The molecule has 170 valence electrons. The van der Waals surface area contributed by atoms with Crippen molar-refractivity contribution < 1.29 is 0 Å². The van der Waals surface area contributed by atoms with Crippen LogP contribution in [0.2, 0.25) is 0 Å². The maximum Gasteiger partial charge on any atom is -0.0414 e. The molecule has 0 radical (unpaired) electrons. The molecule has 0 aromatic rings. The highest BCUT2D eigenvalue weighted by atomic mass is 14.1. The zero-order valence-corrected chi connectivity index (χ0v) is 20.5. The van der Waals surface area contributed by atoms with Crippen molar-refractivity contribution in [3.05, 3.63) is 0 Å². The third kappa shape index (κ3) is 22.3. The van der Waals surface area contributed by atoms with Gasteiger partial charge in [-0.05, 0) is 5.92 Å². The fourth-order valence-corrected chi connectivity index (χ4v) is 4.58. The van der Waals surface area contributed by atoms with Crippen molar-refractivity contribution in [2.24, 2.45) is 5.92 Å². The minimum atomic E-state index is 1.04. The number of hydrogen-bond acceptors (Lipinski definition) is 0. The minimum absolute atomic E-state index is 1.04. The fraction of sp³-hybridized carbons (Fsp3) is 1.00. The number of rotatable bonds is 24. The monoisotopic (exact) mass is 394 g/mol. The molecule has 0 unspecified atom stereocenters. The van der Waals surface area contributed by atoms with Crippen LogP contribution in [0.5, 0.6) is 0 Å². The van der Waals surface area contributed by atoms with E-state index in [9.17, 15) is 0 Å². The Morgan fingerprint density at radius 3 is 0.857 bits per heavy atom. The van der Waals surface area contributed by atoms with Crippen LogP contribution >= 0.6 is 0 Å². The second-order valence-corrected chi connectivity index (χ2v) is 9.60. The van der Waals surface area contributed by atoms with Gasteiger partial charge in [-0.15, -0.1) is 0 Å². The molecule has 0 nitrogen and oxygen atoms in total. The normalized spacial score (nSPS) is 11.6. The summed E-state index contributed by atoms with van der Waals surface area (Å²) in [6.45, 7) is 6.98. The highest BCUT2D eigenvalue weighted by molar-refractivity contribution is 4.60. The van der Waals surface area contributed by atoms with E-state index >= 15 is 0 Å². The Bertz CT molecular complexity index is 249. The Balaban J connectivity index is 3.23. The summed E-state index contributed by atoms with van der Waals surface area (Å²) in [7, 11) is 0. The van der Waals surface area contributed by atoms with Crippen LogP contribution in [0.4, 0.5) is 0 Å². The van der Waals surface area contributed by atoms with Gasteiger partial charge in [0.15, 0.2) is 0 Å². The molecule has 0 rings (SSSR count). The molecule has 0 bridgehead atoms. The lowest BCUT2D eigenvalue weighted by Gasteiger charge is -2.16. The largest absolute Gasteiger partial charge is 0.0654 e. The van der Waals surface area contributed by atoms with Crippen LogP contribution < -0.4 is 0 Å².